The minimum atomic E-state index is -0.791. The molecule has 0 bridgehead atoms. The second-order valence-corrected chi connectivity index (χ2v) is 5.29. The quantitative estimate of drug-likeness (QED) is 0.878. The van der Waals surface area contributed by atoms with Gasteiger partial charge in [0.25, 0.3) is 0 Å². The molecule has 0 saturated carbocycles. The molecule has 2 N–H and O–H groups in total. The van der Waals surface area contributed by atoms with Gasteiger partial charge < -0.3 is 10.0 Å². The van der Waals surface area contributed by atoms with Gasteiger partial charge in [0.15, 0.2) is 0 Å². The van der Waals surface area contributed by atoms with Gasteiger partial charge in [0.1, 0.15) is 5.82 Å². The van der Waals surface area contributed by atoms with Gasteiger partial charge in [-0.3, -0.25) is 10.1 Å². The van der Waals surface area contributed by atoms with Gasteiger partial charge in [-0.05, 0) is 31.4 Å². The number of urea groups is 1. The molecule has 108 valence electrons. The van der Waals surface area contributed by atoms with E-state index in [9.17, 15) is 9.59 Å². The fourth-order valence-electron chi connectivity index (χ4n) is 2.18. The number of aliphatic carboxylic acids is 1. The molecule has 7 heteroatoms. The van der Waals surface area contributed by atoms with Crippen molar-refractivity contribution in [1.29, 1.82) is 0 Å². The Kier molecular flexibility index (Phi) is 4.44. The van der Waals surface area contributed by atoms with Crippen molar-refractivity contribution in [3.05, 3.63) is 22.8 Å². The van der Waals surface area contributed by atoms with Crippen LogP contribution in [0.3, 0.4) is 0 Å². The maximum absolute atomic E-state index is 12.1. The van der Waals surface area contributed by atoms with Gasteiger partial charge >= 0.3 is 12.0 Å². The molecular weight excluding hydrogens is 282 g/mol. The second kappa shape index (κ2) is 6.09. The smallest absolute Gasteiger partial charge is 0.323 e. The Morgan fingerprint density at radius 3 is 2.65 bits per heavy atom. The third kappa shape index (κ3) is 3.39. The van der Waals surface area contributed by atoms with Crippen LogP contribution in [-0.2, 0) is 4.79 Å². The van der Waals surface area contributed by atoms with Crippen molar-refractivity contribution in [3.63, 3.8) is 0 Å². The number of nitrogens with zero attached hydrogens (tertiary/aromatic N) is 2. The maximum atomic E-state index is 12.1. The van der Waals surface area contributed by atoms with Gasteiger partial charge in [0.2, 0.25) is 0 Å². The molecule has 1 aromatic heterocycles. The number of carbonyl (C=O) groups excluding carboxylic acids is 1. The summed E-state index contributed by atoms with van der Waals surface area (Å²) in [5.74, 6) is -0.672. The van der Waals surface area contributed by atoms with Crippen LogP contribution >= 0.6 is 11.6 Å². The highest BCUT2D eigenvalue weighted by molar-refractivity contribution is 6.30. The van der Waals surface area contributed by atoms with Gasteiger partial charge in [-0.1, -0.05) is 11.6 Å². The summed E-state index contributed by atoms with van der Waals surface area (Å²) in [6.45, 7) is 2.69. The number of amides is 2. The number of nitrogens with one attached hydrogen (secondary N) is 1. The molecule has 0 radical (unpaired) electrons. The molecule has 1 aliphatic heterocycles. The Hall–Kier alpha value is -1.82. The number of carbonyl (C=O) groups is 2. The van der Waals surface area contributed by atoms with E-state index in [1.807, 2.05) is 6.92 Å². The van der Waals surface area contributed by atoms with E-state index in [1.54, 1.807) is 11.0 Å². The predicted molar refractivity (Wildman–Crippen MR) is 74.9 cm³/mol. The summed E-state index contributed by atoms with van der Waals surface area (Å²) in [4.78, 5) is 28.6. The number of aryl methyl sites for hydroxylation is 1. The average Bonchev–Trinajstić information content (AvgIpc) is 2.42. The van der Waals surface area contributed by atoms with Crippen LogP contribution in [-0.4, -0.2) is 40.1 Å². The molecule has 6 nitrogen and oxygen atoms in total. The largest absolute Gasteiger partial charge is 0.481 e. The molecule has 1 saturated heterocycles. The van der Waals surface area contributed by atoms with Gasteiger partial charge in [-0.2, -0.15) is 0 Å². The molecule has 2 heterocycles. The highest BCUT2D eigenvalue weighted by atomic mass is 35.5. The zero-order valence-electron chi connectivity index (χ0n) is 11.1. The number of anilines is 1. The number of hydrogen-bond donors (Lipinski definition) is 2. The Morgan fingerprint density at radius 2 is 2.10 bits per heavy atom. The number of rotatable bonds is 2. The number of carboxylic acid groups (broad SMARTS) is 1. The first-order valence-electron chi connectivity index (χ1n) is 6.38. The Morgan fingerprint density at radius 1 is 1.45 bits per heavy atom. The summed E-state index contributed by atoms with van der Waals surface area (Å²) in [6.07, 6.45) is 2.44. The van der Waals surface area contributed by atoms with Crippen molar-refractivity contribution in [2.45, 2.75) is 19.8 Å². The second-order valence-electron chi connectivity index (χ2n) is 4.85. The third-order valence-corrected chi connectivity index (χ3v) is 3.61. The summed E-state index contributed by atoms with van der Waals surface area (Å²) >= 11 is 5.81. The summed E-state index contributed by atoms with van der Waals surface area (Å²) in [5, 5.41) is 12.2. The molecular formula is C13H16ClN3O3. The zero-order valence-corrected chi connectivity index (χ0v) is 11.9. The minimum Gasteiger partial charge on any atom is -0.481 e. The molecule has 1 aliphatic rings. The number of likely N-dealkylation sites (tertiary alicyclic amines) is 1. The maximum Gasteiger partial charge on any atom is 0.323 e. The summed E-state index contributed by atoms with van der Waals surface area (Å²) < 4.78 is 0. The average molecular weight is 298 g/mol. The van der Waals surface area contributed by atoms with Gasteiger partial charge in [-0.25, -0.2) is 9.78 Å². The van der Waals surface area contributed by atoms with Crippen LogP contribution in [0, 0.1) is 12.8 Å². The fourth-order valence-corrected chi connectivity index (χ4v) is 2.39. The first-order chi connectivity index (χ1) is 9.47. The van der Waals surface area contributed by atoms with Gasteiger partial charge in [0.05, 0.1) is 10.9 Å². The topological polar surface area (TPSA) is 82.5 Å². The van der Waals surface area contributed by atoms with E-state index in [0.717, 1.165) is 5.56 Å². The molecule has 1 fully saturated rings. The van der Waals surface area contributed by atoms with Crippen LogP contribution in [0.15, 0.2) is 12.3 Å². The Labute approximate surface area is 121 Å². The van der Waals surface area contributed by atoms with Crippen molar-refractivity contribution < 1.29 is 14.7 Å². The first-order valence-corrected chi connectivity index (χ1v) is 6.76. The van der Waals surface area contributed by atoms with Crippen LogP contribution in [0.4, 0.5) is 10.6 Å². The molecule has 20 heavy (non-hydrogen) atoms. The van der Waals surface area contributed by atoms with Crippen LogP contribution in [0.25, 0.3) is 0 Å². The fraction of sp³-hybridized carbons (Fsp3) is 0.462. The van der Waals surface area contributed by atoms with Gasteiger partial charge in [-0.15, -0.1) is 0 Å². The highest BCUT2D eigenvalue weighted by Gasteiger charge is 2.27. The van der Waals surface area contributed by atoms with E-state index in [-0.39, 0.29) is 11.9 Å². The minimum absolute atomic E-state index is 0.258. The Bertz CT molecular complexity index is 528. The van der Waals surface area contributed by atoms with E-state index in [0.29, 0.717) is 36.8 Å². The third-order valence-electron chi connectivity index (χ3n) is 3.40. The van der Waals surface area contributed by atoms with Crippen LogP contribution < -0.4 is 5.32 Å². The number of hydrogen-bond acceptors (Lipinski definition) is 3. The summed E-state index contributed by atoms with van der Waals surface area (Å²) in [7, 11) is 0. The molecule has 0 aromatic carbocycles. The summed E-state index contributed by atoms with van der Waals surface area (Å²) in [5.41, 5.74) is 0.784. The lowest BCUT2D eigenvalue weighted by atomic mass is 9.97. The van der Waals surface area contributed by atoms with Crippen LogP contribution in [0.1, 0.15) is 18.4 Å². The molecule has 0 atom stereocenters. The number of carboxylic acids is 1. The first kappa shape index (κ1) is 14.6. The lowest BCUT2D eigenvalue weighted by Crippen LogP contribution is -2.42. The van der Waals surface area contributed by atoms with E-state index in [1.165, 1.54) is 6.20 Å². The lowest BCUT2D eigenvalue weighted by Gasteiger charge is -2.30. The molecule has 0 unspecified atom stereocenters. The highest BCUT2D eigenvalue weighted by Crippen LogP contribution is 2.20. The number of piperidine rings is 1. The SMILES string of the molecule is Cc1cc(Cl)cnc1NC(=O)N1CCC(C(=O)O)CC1. The van der Waals surface area contributed by atoms with Crippen molar-refractivity contribution in [1.82, 2.24) is 9.88 Å². The molecule has 0 spiro atoms. The van der Waals surface area contributed by atoms with Crippen LogP contribution in [0.5, 0.6) is 0 Å². The van der Waals surface area contributed by atoms with Crippen molar-refractivity contribution in [3.8, 4) is 0 Å². The van der Waals surface area contributed by atoms with Crippen LogP contribution in [0.2, 0.25) is 5.02 Å². The molecule has 2 amide bonds. The Balaban J connectivity index is 1.94. The molecule has 0 aliphatic carbocycles. The lowest BCUT2D eigenvalue weighted by molar-refractivity contribution is -0.143. The van der Waals surface area contributed by atoms with E-state index >= 15 is 0 Å². The van der Waals surface area contributed by atoms with E-state index in [4.69, 9.17) is 16.7 Å². The van der Waals surface area contributed by atoms with Crippen molar-refractivity contribution >= 4 is 29.4 Å². The standard InChI is InChI=1S/C13H16ClN3O3/c1-8-6-10(14)7-15-11(8)16-13(20)17-4-2-9(3-5-17)12(18)19/h6-7,9H,2-5H2,1H3,(H,18,19)(H,15,16,20). The number of aromatic nitrogens is 1. The monoisotopic (exact) mass is 297 g/mol. The van der Waals surface area contributed by atoms with E-state index < -0.39 is 5.97 Å². The van der Waals surface area contributed by atoms with Crippen molar-refractivity contribution in [2.75, 3.05) is 18.4 Å². The van der Waals surface area contributed by atoms with Gasteiger partial charge in [0, 0.05) is 19.3 Å². The molecule has 1 aromatic rings. The number of halogens is 1. The summed E-state index contributed by atoms with van der Waals surface area (Å²) in [6, 6.07) is 1.47. The van der Waals surface area contributed by atoms with Crippen molar-refractivity contribution in [2.24, 2.45) is 5.92 Å². The predicted octanol–water partition coefficient (Wildman–Crippen LogP) is 2.37. The number of pyridine rings is 1. The van der Waals surface area contributed by atoms with E-state index in [2.05, 4.69) is 10.3 Å². The molecule has 2 rings (SSSR count). The zero-order chi connectivity index (χ0) is 14.7. The normalized spacial score (nSPS) is 16.0.